The smallest absolute Gasteiger partial charge is 0.267 e. The van der Waals surface area contributed by atoms with E-state index < -0.39 is 0 Å². The molecule has 0 aromatic heterocycles. The van der Waals surface area contributed by atoms with Crippen LogP contribution in [-0.2, 0) is 22.4 Å². The molecule has 0 bridgehead atoms. The monoisotopic (exact) mass is 356 g/mol. The maximum atomic E-state index is 12.5. The number of rotatable bonds is 8. The van der Waals surface area contributed by atoms with Crippen molar-refractivity contribution >= 4 is 11.6 Å². The van der Waals surface area contributed by atoms with Crippen LogP contribution in [0.25, 0.3) is 0 Å². The SMILES string of the molecule is CCc1cccc(CC)c1NC(=O)/C(C#N)=C\NCCN1CCOCC1. The molecule has 1 saturated heterocycles. The van der Waals surface area contributed by atoms with Crippen LogP contribution in [-0.4, -0.2) is 50.2 Å². The normalized spacial score (nSPS) is 15.3. The zero-order valence-corrected chi connectivity index (χ0v) is 15.7. The molecule has 6 heteroatoms. The van der Waals surface area contributed by atoms with Crippen molar-refractivity contribution in [1.29, 1.82) is 5.26 Å². The fourth-order valence-electron chi connectivity index (χ4n) is 2.95. The van der Waals surface area contributed by atoms with Crippen LogP contribution in [0.4, 0.5) is 5.69 Å². The topological polar surface area (TPSA) is 77.4 Å². The Kier molecular flexibility index (Phi) is 8.13. The average Bonchev–Trinajstić information content (AvgIpc) is 2.68. The number of anilines is 1. The van der Waals surface area contributed by atoms with Gasteiger partial charge < -0.3 is 15.4 Å². The quantitative estimate of drug-likeness (QED) is 0.424. The number of carbonyl (C=O) groups excluding carboxylic acids is 1. The average molecular weight is 356 g/mol. The lowest BCUT2D eigenvalue weighted by Crippen LogP contribution is -2.39. The van der Waals surface area contributed by atoms with Gasteiger partial charge in [0.1, 0.15) is 11.6 Å². The first-order valence-electron chi connectivity index (χ1n) is 9.25. The van der Waals surface area contributed by atoms with Gasteiger partial charge in [0.25, 0.3) is 5.91 Å². The van der Waals surface area contributed by atoms with E-state index >= 15 is 0 Å². The molecule has 0 atom stereocenters. The molecule has 2 rings (SSSR count). The summed E-state index contributed by atoms with van der Waals surface area (Å²) >= 11 is 0. The van der Waals surface area contributed by atoms with E-state index in [9.17, 15) is 10.1 Å². The predicted octanol–water partition coefficient (Wildman–Crippen LogP) is 2.08. The molecule has 0 saturated carbocycles. The van der Waals surface area contributed by atoms with Crippen molar-refractivity contribution in [2.45, 2.75) is 26.7 Å². The molecule has 1 amide bonds. The zero-order chi connectivity index (χ0) is 18.8. The number of hydrogen-bond acceptors (Lipinski definition) is 5. The van der Waals surface area contributed by atoms with Gasteiger partial charge >= 0.3 is 0 Å². The standard InChI is InChI=1S/C20H28N4O2/c1-3-16-6-5-7-17(4-2)19(16)23-20(25)18(14-21)15-22-8-9-24-10-12-26-13-11-24/h5-7,15,22H,3-4,8-13H2,1-2H3,(H,23,25)/b18-15-. The van der Waals surface area contributed by atoms with Crippen molar-refractivity contribution in [3.63, 3.8) is 0 Å². The number of nitrogens with zero attached hydrogens (tertiary/aromatic N) is 2. The Hall–Kier alpha value is -2.36. The minimum Gasteiger partial charge on any atom is -0.388 e. The number of hydrogen-bond donors (Lipinski definition) is 2. The van der Waals surface area contributed by atoms with Gasteiger partial charge in [0.05, 0.1) is 13.2 Å². The number of para-hydroxylation sites is 1. The maximum Gasteiger partial charge on any atom is 0.267 e. The van der Waals surface area contributed by atoms with E-state index in [1.54, 1.807) is 0 Å². The third-order valence-corrected chi connectivity index (χ3v) is 4.52. The molecule has 0 unspecified atom stereocenters. The molecular weight excluding hydrogens is 328 g/mol. The fourth-order valence-corrected chi connectivity index (χ4v) is 2.95. The van der Waals surface area contributed by atoms with Crippen LogP contribution < -0.4 is 10.6 Å². The second-order valence-electron chi connectivity index (χ2n) is 6.19. The fraction of sp³-hybridized carbons (Fsp3) is 0.500. The van der Waals surface area contributed by atoms with E-state index in [4.69, 9.17) is 4.74 Å². The van der Waals surface area contributed by atoms with Crippen molar-refractivity contribution in [1.82, 2.24) is 10.2 Å². The highest BCUT2D eigenvalue weighted by Gasteiger charge is 2.14. The Labute approximate surface area is 155 Å². The van der Waals surface area contributed by atoms with Crippen LogP contribution in [0.2, 0.25) is 0 Å². The number of amides is 1. The van der Waals surface area contributed by atoms with Crippen molar-refractivity contribution in [3.05, 3.63) is 41.1 Å². The number of benzene rings is 1. The largest absolute Gasteiger partial charge is 0.388 e. The van der Waals surface area contributed by atoms with Crippen molar-refractivity contribution in [2.24, 2.45) is 0 Å². The summed E-state index contributed by atoms with van der Waals surface area (Å²) in [5.41, 5.74) is 3.07. The van der Waals surface area contributed by atoms with Gasteiger partial charge in [-0.15, -0.1) is 0 Å². The highest BCUT2D eigenvalue weighted by Crippen LogP contribution is 2.23. The molecule has 0 spiro atoms. The summed E-state index contributed by atoms with van der Waals surface area (Å²) in [5, 5.41) is 15.3. The number of nitrogens with one attached hydrogen (secondary N) is 2. The molecular formula is C20H28N4O2. The number of ether oxygens (including phenoxy) is 1. The van der Waals surface area contributed by atoms with Crippen molar-refractivity contribution < 1.29 is 9.53 Å². The first-order chi connectivity index (χ1) is 12.7. The Morgan fingerprint density at radius 1 is 1.27 bits per heavy atom. The lowest BCUT2D eigenvalue weighted by Gasteiger charge is -2.26. The highest BCUT2D eigenvalue weighted by atomic mass is 16.5. The van der Waals surface area contributed by atoms with E-state index in [1.165, 1.54) is 6.20 Å². The van der Waals surface area contributed by atoms with Crippen molar-refractivity contribution in [3.8, 4) is 6.07 Å². The van der Waals surface area contributed by atoms with Gasteiger partial charge in [-0.1, -0.05) is 32.0 Å². The van der Waals surface area contributed by atoms with Gasteiger partial charge in [-0.2, -0.15) is 5.26 Å². The summed E-state index contributed by atoms with van der Waals surface area (Å²) in [6, 6.07) is 8.00. The summed E-state index contributed by atoms with van der Waals surface area (Å²) in [5.74, 6) is -0.373. The molecule has 6 nitrogen and oxygen atoms in total. The molecule has 1 fully saturated rings. The zero-order valence-electron chi connectivity index (χ0n) is 15.7. The summed E-state index contributed by atoms with van der Waals surface area (Å²) in [7, 11) is 0. The summed E-state index contributed by atoms with van der Waals surface area (Å²) in [6.45, 7) is 9.02. The number of carbonyl (C=O) groups is 1. The van der Waals surface area contributed by atoms with Crippen LogP contribution in [0, 0.1) is 11.3 Å². The molecule has 26 heavy (non-hydrogen) atoms. The summed E-state index contributed by atoms with van der Waals surface area (Å²) in [4.78, 5) is 14.8. The molecule has 1 aromatic carbocycles. The van der Waals surface area contributed by atoms with Crippen LogP contribution in [0.5, 0.6) is 0 Å². The minimum absolute atomic E-state index is 0.0833. The van der Waals surface area contributed by atoms with Crippen molar-refractivity contribution in [2.75, 3.05) is 44.7 Å². The van der Waals surface area contributed by atoms with E-state index in [2.05, 4.69) is 29.4 Å². The van der Waals surface area contributed by atoms with Crippen LogP contribution in [0.1, 0.15) is 25.0 Å². The predicted molar refractivity (Wildman–Crippen MR) is 103 cm³/mol. The summed E-state index contributed by atoms with van der Waals surface area (Å²) in [6.07, 6.45) is 3.16. The van der Waals surface area contributed by atoms with E-state index in [0.29, 0.717) is 6.54 Å². The Morgan fingerprint density at radius 3 is 2.50 bits per heavy atom. The second-order valence-corrected chi connectivity index (χ2v) is 6.19. The Bertz CT molecular complexity index is 651. The molecule has 0 radical (unpaired) electrons. The first-order valence-corrected chi connectivity index (χ1v) is 9.25. The lowest BCUT2D eigenvalue weighted by molar-refractivity contribution is -0.112. The number of morpholine rings is 1. The van der Waals surface area contributed by atoms with Crippen LogP contribution in [0.15, 0.2) is 30.0 Å². The Morgan fingerprint density at radius 2 is 1.92 bits per heavy atom. The number of aryl methyl sites for hydroxylation is 2. The van der Waals surface area contributed by atoms with E-state index in [0.717, 1.165) is 62.5 Å². The van der Waals surface area contributed by atoms with Gasteiger partial charge in [0.15, 0.2) is 0 Å². The highest BCUT2D eigenvalue weighted by molar-refractivity contribution is 6.07. The van der Waals surface area contributed by atoms with Gasteiger partial charge in [0.2, 0.25) is 0 Å². The van der Waals surface area contributed by atoms with E-state index in [1.807, 2.05) is 24.3 Å². The van der Waals surface area contributed by atoms with Gasteiger partial charge in [0, 0.05) is 38.1 Å². The molecule has 140 valence electrons. The van der Waals surface area contributed by atoms with Gasteiger partial charge in [-0.05, 0) is 24.0 Å². The Balaban J connectivity index is 1.95. The van der Waals surface area contributed by atoms with Gasteiger partial charge in [-0.25, -0.2) is 0 Å². The molecule has 1 heterocycles. The lowest BCUT2D eigenvalue weighted by atomic mass is 10.0. The molecule has 0 aliphatic carbocycles. The third kappa shape index (κ3) is 5.58. The van der Waals surface area contributed by atoms with Crippen LogP contribution >= 0.6 is 0 Å². The first kappa shape index (κ1) is 20.0. The van der Waals surface area contributed by atoms with E-state index in [-0.39, 0.29) is 11.5 Å². The van der Waals surface area contributed by atoms with Gasteiger partial charge in [-0.3, -0.25) is 9.69 Å². The molecule has 1 aliphatic rings. The third-order valence-electron chi connectivity index (χ3n) is 4.52. The minimum atomic E-state index is -0.373. The molecule has 2 N–H and O–H groups in total. The molecule has 1 aliphatic heterocycles. The number of nitriles is 1. The molecule has 1 aromatic rings. The second kappa shape index (κ2) is 10.6. The van der Waals surface area contributed by atoms with Crippen LogP contribution in [0.3, 0.4) is 0 Å². The summed E-state index contributed by atoms with van der Waals surface area (Å²) < 4.78 is 5.32. The maximum absolute atomic E-state index is 12.5.